The Morgan fingerprint density at radius 3 is 2.02 bits per heavy atom. The van der Waals surface area contributed by atoms with Crippen molar-refractivity contribution in [2.45, 2.75) is 167 Å². The monoisotopic (exact) mass is 744 g/mol. The number of phosphoric acid groups is 1. The van der Waals surface area contributed by atoms with E-state index in [2.05, 4.69) is 49.6 Å². The molecule has 1 aliphatic rings. The summed E-state index contributed by atoms with van der Waals surface area (Å²) in [5.74, 6) is -0.264. The largest absolute Gasteiger partial charge is 0.472 e. The third kappa shape index (κ3) is 29.3. The molecule has 5 atom stereocenters. The van der Waals surface area contributed by atoms with E-state index in [-0.39, 0.29) is 19.4 Å². The first-order chi connectivity index (χ1) is 24.6. The number of epoxide rings is 1. The second-order valence-electron chi connectivity index (χ2n) is 13.8. The molecule has 51 heavy (non-hydrogen) atoms. The van der Waals surface area contributed by atoms with E-state index < -0.39 is 51.8 Å². The summed E-state index contributed by atoms with van der Waals surface area (Å²) in [7, 11) is -4.63. The lowest BCUT2D eigenvalue weighted by Crippen LogP contribution is -2.29. The van der Waals surface area contributed by atoms with Gasteiger partial charge in [-0.1, -0.05) is 115 Å². The van der Waals surface area contributed by atoms with E-state index in [9.17, 15) is 24.2 Å². The Balaban J connectivity index is 2.34. The Morgan fingerprint density at radius 1 is 0.745 bits per heavy atom. The molecule has 0 aromatic carbocycles. The van der Waals surface area contributed by atoms with Crippen molar-refractivity contribution in [3.8, 4) is 0 Å². The number of carbonyl (C=O) groups excluding carboxylic acids is 2. The van der Waals surface area contributed by atoms with E-state index in [4.69, 9.17) is 23.8 Å². The standard InChI is InChI=1S/C39H69O11P/c1-4-5-6-7-15-20-25-36-37(50-36)26-21-16-11-9-13-18-23-28-39(43)49-35(32-48-51(44,45)47-30-34(41)29-40)31-46-38(42)27-22-17-12-8-10-14-19-24-33(2)3/h9,13,15-16,20-21,33-37,40-41H,4-8,10-12,14,17-19,22-32H2,1-3H3,(H,44,45)/b13-9-,20-15-,21-16-/t34-,35+,36?,37?/m0/s1. The second-order valence-corrected chi connectivity index (χ2v) is 15.3. The smallest absolute Gasteiger partial charge is 0.462 e. The molecule has 0 radical (unpaired) electrons. The summed E-state index contributed by atoms with van der Waals surface area (Å²) < 4.78 is 38.2. The summed E-state index contributed by atoms with van der Waals surface area (Å²) >= 11 is 0. The number of aliphatic hydroxyl groups is 2. The van der Waals surface area contributed by atoms with Crippen LogP contribution in [0.1, 0.15) is 143 Å². The molecule has 0 aromatic rings. The number of rotatable bonds is 34. The summed E-state index contributed by atoms with van der Waals surface area (Å²) in [4.78, 5) is 34.8. The molecule has 1 fully saturated rings. The predicted octanol–water partition coefficient (Wildman–Crippen LogP) is 8.45. The molecule has 0 amide bonds. The summed E-state index contributed by atoms with van der Waals surface area (Å²) in [6.45, 7) is 4.50. The van der Waals surface area contributed by atoms with Gasteiger partial charge in [0.15, 0.2) is 6.10 Å². The predicted molar refractivity (Wildman–Crippen MR) is 200 cm³/mol. The van der Waals surface area contributed by atoms with Gasteiger partial charge in [-0.2, -0.15) is 0 Å². The van der Waals surface area contributed by atoms with Gasteiger partial charge in [-0.3, -0.25) is 18.6 Å². The van der Waals surface area contributed by atoms with Crippen molar-refractivity contribution >= 4 is 19.8 Å². The molecule has 1 heterocycles. The molecule has 0 saturated carbocycles. The van der Waals surface area contributed by atoms with Crippen LogP contribution in [0.15, 0.2) is 36.5 Å². The van der Waals surface area contributed by atoms with Crippen molar-refractivity contribution in [3.63, 3.8) is 0 Å². The SMILES string of the molecule is CCCCC/C=C\CC1OC1C/C=C\C/C=C\CCCC(=O)O[C@H](COC(=O)CCCCCCCCCC(C)C)COP(=O)(O)OC[C@@H](O)CO. The first-order valence-corrected chi connectivity index (χ1v) is 20.9. The lowest BCUT2D eigenvalue weighted by atomic mass is 10.0. The number of esters is 2. The van der Waals surface area contributed by atoms with E-state index in [0.29, 0.717) is 31.5 Å². The number of ether oxygens (including phenoxy) is 3. The van der Waals surface area contributed by atoms with Gasteiger partial charge in [0, 0.05) is 12.8 Å². The molecule has 12 heteroatoms. The molecular weight excluding hydrogens is 675 g/mol. The molecule has 1 rings (SSSR count). The van der Waals surface area contributed by atoms with Crippen LogP contribution in [-0.2, 0) is 37.4 Å². The molecule has 1 aliphatic heterocycles. The van der Waals surface area contributed by atoms with Crippen molar-refractivity contribution in [3.05, 3.63) is 36.5 Å². The van der Waals surface area contributed by atoms with Crippen LogP contribution in [0.4, 0.5) is 0 Å². The number of phosphoric ester groups is 1. The highest BCUT2D eigenvalue weighted by Gasteiger charge is 2.36. The Morgan fingerprint density at radius 2 is 1.33 bits per heavy atom. The van der Waals surface area contributed by atoms with E-state index in [0.717, 1.165) is 50.9 Å². The minimum absolute atomic E-state index is 0.103. The van der Waals surface area contributed by atoms with Crippen LogP contribution in [0.2, 0.25) is 0 Å². The van der Waals surface area contributed by atoms with Gasteiger partial charge < -0.3 is 29.3 Å². The average molecular weight is 745 g/mol. The Labute approximate surface area is 307 Å². The molecule has 3 N–H and O–H groups in total. The van der Waals surface area contributed by atoms with Crippen molar-refractivity contribution in [1.29, 1.82) is 0 Å². The van der Waals surface area contributed by atoms with Gasteiger partial charge in [0.2, 0.25) is 0 Å². The van der Waals surface area contributed by atoms with Gasteiger partial charge in [0.1, 0.15) is 12.7 Å². The van der Waals surface area contributed by atoms with Gasteiger partial charge in [-0.05, 0) is 57.3 Å². The number of hydrogen-bond acceptors (Lipinski definition) is 10. The highest BCUT2D eigenvalue weighted by Crippen LogP contribution is 2.43. The van der Waals surface area contributed by atoms with E-state index >= 15 is 0 Å². The molecule has 11 nitrogen and oxygen atoms in total. The van der Waals surface area contributed by atoms with Crippen molar-refractivity contribution in [2.75, 3.05) is 26.4 Å². The number of unbranched alkanes of at least 4 members (excludes halogenated alkanes) is 10. The van der Waals surface area contributed by atoms with Crippen LogP contribution in [0, 0.1) is 5.92 Å². The third-order valence-electron chi connectivity index (χ3n) is 8.38. The van der Waals surface area contributed by atoms with Crippen molar-refractivity contribution in [1.82, 2.24) is 0 Å². The molecule has 0 bridgehead atoms. The van der Waals surface area contributed by atoms with Crippen molar-refractivity contribution < 1.29 is 52.5 Å². The highest BCUT2D eigenvalue weighted by molar-refractivity contribution is 7.47. The van der Waals surface area contributed by atoms with Crippen LogP contribution >= 0.6 is 7.82 Å². The summed E-state index contributed by atoms with van der Waals surface area (Å²) in [5, 5.41) is 18.3. The zero-order valence-electron chi connectivity index (χ0n) is 31.7. The maximum Gasteiger partial charge on any atom is 0.472 e. The molecule has 0 aromatic heterocycles. The summed E-state index contributed by atoms with van der Waals surface area (Å²) in [6.07, 6.45) is 28.9. The van der Waals surface area contributed by atoms with Gasteiger partial charge in [-0.15, -0.1) is 0 Å². The van der Waals surface area contributed by atoms with E-state index in [1.165, 1.54) is 44.9 Å². The highest BCUT2D eigenvalue weighted by atomic mass is 31.2. The zero-order valence-corrected chi connectivity index (χ0v) is 32.6. The summed E-state index contributed by atoms with van der Waals surface area (Å²) in [6, 6.07) is 0. The van der Waals surface area contributed by atoms with Gasteiger partial charge in [-0.25, -0.2) is 4.57 Å². The molecule has 1 saturated heterocycles. The minimum Gasteiger partial charge on any atom is -0.462 e. The Kier molecular flexibility index (Phi) is 28.3. The fourth-order valence-electron chi connectivity index (χ4n) is 5.21. The van der Waals surface area contributed by atoms with Crippen LogP contribution in [-0.4, -0.2) is 77.9 Å². The minimum atomic E-state index is -4.63. The maximum atomic E-state index is 12.5. The van der Waals surface area contributed by atoms with Gasteiger partial charge in [0.25, 0.3) is 0 Å². The Hall–Kier alpha value is -1.85. The lowest BCUT2D eigenvalue weighted by Gasteiger charge is -2.20. The van der Waals surface area contributed by atoms with Crippen LogP contribution in [0.5, 0.6) is 0 Å². The lowest BCUT2D eigenvalue weighted by molar-refractivity contribution is -0.161. The molecule has 296 valence electrons. The van der Waals surface area contributed by atoms with Crippen LogP contribution in [0.25, 0.3) is 0 Å². The first-order valence-electron chi connectivity index (χ1n) is 19.4. The maximum absolute atomic E-state index is 12.5. The molecule has 0 aliphatic carbocycles. The van der Waals surface area contributed by atoms with E-state index in [1.54, 1.807) is 0 Å². The fourth-order valence-corrected chi connectivity index (χ4v) is 6.00. The van der Waals surface area contributed by atoms with Gasteiger partial charge in [0.05, 0.1) is 32.0 Å². The number of carbonyl (C=O) groups is 2. The van der Waals surface area contributed by atoms with Gasteiger partial charge >= 0.3 is 19.8 Å². The van der Waals surface area contributed by atoms with Crippen molar-refractivity contribution in [2.24, 2.45) is 5.92 Å². The molecule has 3 unspecified atom stereocenters. The Bertz CT molecular complexity index is 1030. The first kappa shape index (κ1) is 47.2. The van der Waals surface area contributed by atoms with E-state index in [1.807, 2.05) is 12.2 Å². The van der Waals surface area contributed by atoms with Crippen LogP contribution < -0.4 is 0 Å². The third-order valence-corrected chi connectivity index (χ3v) is 9.33. The average Bonchev–Trinajstić information content (AvgIpc) is 3.86. The number of aliphatic hydroxyl groups excluding tert-OH is 2. The normalized spacial score (nSPS) is 18.5. The molecular formula is C39H69O11P. The fraction of sp³-hybridized carbons (Fsp3) is 0.795. The summed E-state index contributed by atoms with van der Waals surface area (Å²) in [5.41, 5.74) is 0. The second kappa shape index (κ2) is 30.6. The number of allylic oxidation sites excluding steroid dienone is 4. The zero-order chi connectivity index (χ0) is 37.6. The molecule has 0 spiro atoms. The topological polar surface area (TPSA) is 161 Å². The van der Waals surface area contributed by atoms with Crippen LogP contribution in [0.3, 0.4) is 0 Å². The quantitative estimate of drug-likeness (QED) is 0.0191. The number of hydrogen-bond donors (Lipinski definition) is 3.